The molecule has 1 aliphatic carbocycles. The van der Waals surface area contributed by atoms with E-state index in [4.69, 9.17) is 0 Å². The molecule has 1 saturated carbocycles. The van der Waals surface area contributed by atoms with Crippen molar-refractivity contribution in [3.05, 3.63) is 18.0 Å². The molecule has 17 heavy (non-hydrogen) atoms. The average molecular weight is 237 g/mol. The third kappa shape index (κ3) is 3.30. The van der Waals surface area contributed by atoms with Gasteiger partial charge in [-0.2, -0.15) is 5.10 Å². The zero-order chi connectivity index (χ0) is 12.3. The number of hydrogen-bond donors (Lipinski definition) is 2. The SMILES string of the molecule is Cc1cnn(CCC(=O)NCC2(O)CCC2)c1. The number of nitrogens with zero attached hydrogens (tertiary/aromatic N) is 2. The summed E-state index contributed by atoms with van der Waals surface area (Å²) < 4.78 is 1.76. The Morgan fingerprint density at radius 1 is 1.65 bits per heavy atom. The molecule has 0 aliphatic heterocycles. The lowest BCUT2D eigenvalue weighted by Gasteiger charge is -2.36. The third-order valence-corrected chi connectivity index (χ3v) is 3.23. The van der Waals surface area contributed by atoms with Crippen LogP contribution in [0.5, 0.6) is 0 Å². The highest BCUT2D eigenvalue weighted by Crippen LogP contribution is 2.30. The Balaban J connectivity index is 1.67. The van der Waals surface area contributed by atoms with Crippen molar-refractivity contribution < 1.29 is 9.90 Å². The van der Waals surface area contributed by atoms with Crippen LogP contribution < -0.4 is 5.32 Å². The Morgan fingerprint density at radius 2 is 2.41 bits per heavy atom. The van der Waals surface area contributed by atoms with Crippen molar-refractivity contribution in [2.75, 3.05) is 6.54 Å². The maximum Gasteiger partial charge on any atom is 0.221 e. The van der Waals surface area contributed by atoms with E-state index in [0.717, 1.165) is 24.8 Å². The first-order chi connectivity index (χ1) is 8.07. The maximum absolute atomic E-state index is 11.5. The molecule has 1 aromatic rings. The van der Waals surface area contributed by atoms with Gasteiger partial charge in [0, 0.05) is 25.7 Å². The molecule has 0 radical (unpaired) electrons. The van der Waals surface area contributed by atoms with Crippen molar-refractivity contribution in [3.63, 3.8) is 0 Å². The van der Waals surface area contributed by atoms with Crippen molar-refractivity contribution in [2.24, 2.45) is 0 Å². The van der Waals surface area contributed by atoms with E-state index in [1.54, 1.807) is 10.9 Å². The van der Waals surface area contributed by atoms with Gasteiger partial charge < -0.3 is 10.4 Å². The van der Waals surface area contributed by atoms with Crippen LogP contribution in [0.3, 0.4) is 0 Å². The van der Waals surface area contributed by atoms with Crippen LogP contribution in [0.15, 0.2) is 12.4 Å². The molecule has 2 N–H and O–H groups in total. The molecular formula is C12H19N3O2. The van der Waals surface area contributed by atoms with Crippen LogP contribution in [0.2, 0.25) is 0 Å². The topological polar surface area (TPSA) is 67.2 Å². The van der Waals surface area contributed by atoms with Crippen LogP contribution in [-0.2, 0) is 11.3 Å². The van der Waals surface area contributed by atoms with Crippen LogP contribution in [0.4, 0.5) is 0 Å². The zero-order valence-electron chi connectivity index (χ0n) is 10.1. The van der Waals surface area contributed by atoms with E-state index >= 15 is 0 Å². The van der Waals surface area contributed by atoms with Gasteiger partial charge in [0.15, 0.2) is 0 Å². The lowest BCUT2D eigenvalue weighted by molar-refractivity contribution is -0.123. The second-order valence-electron chi connectivity index (χ2n) is 4.89. The fraction of sp³-hybridized carbons (Fsp3) is 0.667. The Labute approximate surface area is 101 Å². The Bertz CT molecular complexity index is 396. The molecular weight excluding hydrogens is 218 g/mol. The highest BCUT2D eigenvalue weighted by molar-refractivity contribution is 5.75. The molecule has 0 spiro atoms. The molecule has 5 nitrogen and oxygen atoms in total. The van der Waals surface area contributed by atoms with Gasteiger partial charge in [-0.15, -0.1) is 0 Å². The van der Waals surface area contributed by atoms with E-state index in [-0.39, 0.29) is 5.91 Å². The molecule has 1 amide bonds. The number of carbonyl (C=O) groups is 1. The van der Waals surface area contributed by atoms with Gasteiger partial charge in [-0.05, 0) is 31.7 Å². The van der Waals surface area contributed by atoms with Gasteiger partial charge in [-0.25, -0.2) is 0 Å². The van der Waals surface area contributed by atoms with Crippen LogP contribution >= 0.6 is 0 Å². The summed E-state index contributed by atoms with van der Waals surface area (Å²) in [5.41, 5.74) is 0.451. The number of aromatic nitrogens is 2. The summed E-state index contributed by atoms with van der Waals surface area (Å²) in [6, 6.07) is 0. The molecule has 0 saturated heterocycles. The lowest BCUT2D eigenvalue weighted by Crippen LogP contribution is -2.47. The second kappa shape index (κ2) is 4.87. The van der Waals surface area contributed by atoms with Crippen LogP contribution in [0.1, 0.15) is 31.2 Å². The molecule has 0 aromatic carbocycles. The van der Waals surface area contributed by atoms with Crippen LogP contribution in [-0.4, -0.2) is 32.9 Å². The summed E-state index contributed by atoms with van der Waals surface area (Å²) in [5.74, 6) is -0.0292. The number of amides is 1. The van der Waals surface area contributed by atoms with Crippen molar-refractivity contribution in [3.8, 4) is 0 Å². The highest BCUT2D eigenvalue weighted by atomic mass is 16.3. The van der Waals surface area contributed by atoms with E-state index in [1.165, 1.54) is 0 Å². The van der Waals surface area contributed by atoms with E-state index in [1.807, 2.05) is 13.1 Å². The Kier molecular flexibility index (Phi) is 3.47. The summed E-state index contributed by atoms with van der Waals surface area (Å²) in [5, 5.41) is 16.7. The highest BCUT2D eigenvalue weighted by Gasteiger charge is 2.34. The smallest absolute Gasteiger partial charge is 0.221 e. The Morgan fingerprint density at radius 3 is 2.94 bits per heavy atom. The van der Waals surface area contributed by atoms with Gasteiger partial charge in [-0.3, -0.25) is 9.48 Å². The van der Waals surface area contributed by atoms with E-state index in [2.05, 4.69) is 10.4 Å². The summed E-state index contributed by atoms with van der Waals surface area (Å²) in [7, 11) is 0. The number of carbonyl (C=O) groups excluding carboxylic acids is 1. The summed E-state index contributed by atoms with van der Waals surface area (Å²) in [6.07, 6.45) is 6.73. The predicted molar refractivity (Wildman–Crippen MR) is 63.4 cm³/mol. The number of rotatable bonds is 5. The van der Waals surface area contributed by atoms with Crippen molar-refractivity contribution in [1.29, 1.82) is 0 Å². The first-order valence-electron chi connectivity index (χ1n) is 6.06. The van der Waals surface area contributed by atoms with Crippen molar-refractivity contribution in [1.82, 2.24) is 15.1 Å². The first kappa shape index (κ1) is 12.1. The lowest BCUT2D eigenvalue weighted by atomic mass is 9.80. The van der Waals surface area contributed by atoms with Crippen molar-refractivity contribution in [2.45, 2.75) is 44.8 Å². The van der Waals surface area contributed by atoms with Crippen molar-refractivity contribution >= 4 is 5.91 Å². The summed E-state index contributed by atoms with van der Waals surface area (Å²) in [6.45, 7) is 2.93. The number of aryl methyl sites for hydroxylation is 2. The molecule has 94 valence electrons. The van der Waals surface area contributed by atoms with Gasteiger partial charge in [0.05, 0.1) is 11.8 Å². The molecule has 5 heteroatoms. The van der Waals surface area contributed by atoms with E-state index < -0.39 is 5.60 Å². The monoisotopic (exact) mass is 237 g/mol. The van der Waals surface area contributed by atoms with E-state index in [9.17, 15) is 9.90 Å². The van der Waals surface area contributed by atoms with E-state index in [0.29, 0.717) is 19.5 Å². The Hall–Kier alpha value is -1.36. The number of aliphatic hydroxyl groups is 1. The fourth-order valence-corrected chi connectivity index (χ4v) is 1.92. The van der Waals surface area contributed by atoms with Gasteiger partial charge in [-0.1, -0.05) is 0 Å². The number of nitrogens with one attached hydrogen (secondary N) is 1. The molecule has 0 unspecified atom stereocenters. The van der Waals surface area contributed by atoms with Crippen LogP contribution in [0, 0.1) is 6.92 Å². The molecule has 0 atom stereocenters. The molecule has 1 aliphatic rings. The molecule has 2 rings (SSSR count). The molecule has 1 fully saturated rings. The number of hydrogen-bond acceptors (Lipinski definition) is 3. The van der Waals surface area contributed by atoms with Gasteiger partial charge in [0.25, 0.3) is 0 Å². The normalized spacial score (nSPS) is 17.5. The first-order valence-corrected chi connectivity index (χ1v) is 6.06. The largest absolute Gasteiger partial charge is 0.388 e. The fourth-order valence-electron chi connectivity index (χ4n) is 1.92. The minimum Gasteiger partial charge on any atom is -0.388 e. The quantitative estimate of drug-likeness (QED) is 0.788. The van der Waals surface area contributed by atoms with Gasteiger partial charge in [0.1, 0.15) is 0 Å². The summed E-state index contributed by atoms with van der Waals surface area (Å²) in [4.78, 5) is 11.5. The van der Waals surface area contributed by atoms with Gasteiger partial charge in [0.2, 0.25) is 5.91 Å². The molecule has 1 heterocycles. The average Bonchev–Trinajstić information content (AvgIpc) is 2.67. The zero-order valence-corrected chi connectivity index (χ0v) is 10.1. The predicted octanol–water partition coefficient (Wildman–Crippen LogP) is 0.613. The molecule has 1 aromatic heterocycles. The van der Waals surface area contributed by atoms with Gasteiger partial charge >= 0.3 is 0 Å². The third-order valence-electron chi connectivity index (χ3n) is 3.23. The summed E-state index contributed by atoms with van der Waals surface area (Å²) >= 11 is 0. The second-order valence-corrected chi connectivity index (χ2v) is 4.89. The minimum atomic E-state index is -0.641. The minimum absolute atomic E-state index is 0.0292. The molecule has 0 bridgehead atoms. The maximum atomic E-state index is 11.5. The standard InChI is InChI=1S/C12H19N3O2/c1-10-7-14-15(8-10)6-3-11(16)13-9-12(17)4-2-5-12/h7-8,17H,2-6,9H2,1H3,(H,13,16). The van der Waals surface area contributed by atoms with Crippen LogP contribution in [0.25, 0.3) is 0 Å².